The van der Waals surface area contributed by atoms with Gasteiger partial charge in [0, 0.05) is 25.0 Å². The molecule has 2 saturated heterocycles. The molecule has 2 fully saturated rings. The van der Waals surface area contributed by atoms with Crippen LogP contribution in [0.4, 0.5) is 0 Å². The summed E-state index contributed by atoms with van der Waals surface area (Å²) in [6.45, 7) is 7.05. The molecule has 3 heterocycles. The molecule has 0 radical (unpaired) electrons. The molecule has 0 aliphatic carbocycles. The first-order chi connectivity index (χ1) is 11.9. The van der Waals surface area contributed by atoms with Gasteiger partial charge in [-0.15, -0.1) is 0 Å². The first-order valence-corrected chi connectivity index (χ1v) is 8.68. The number of ether oxygens (including phenoxy) is 1. The van der Waals surface area contributed by atoms with Crippen LogP contribution in [0, 0.1) is 25.2 Å². The SMILES string of the molecule is CCOC(=O)C1C(=O)NCC12CCN(C(=O)c1cc(C)oc1C)CC2. The van der Waals surface area contributed by atoms with Crippen molar-refractivity contribution in [2.75, 3.05) is 26.2 Å². The number of nitrogens with zero attached hydrogens (tertiary/aromatic N) is 1. The van der Waals surface area contributed by atoms with E-state index in [-0.39, 0.29) is 18.4 Å². The third kappa shape index (κ3) is 3.03. The normalized spacial score (nSPS) is 22.1. The van der Waals surface area contributed by atoms with Gasteiger partial charge in [-0.25, -0.2) is 0 Å². The number of rotatable bonds is 3. The van der Waals surface area contributed by atoms with Gasteiger partial charge in [0.1, 0.15) is 17.4 Å². The molecule has 1 unspecified atom stereocenters. The van der Waals surface area contributed by atoms with Gasteiger partial charge in [-0.1, -0.05) is 0 Å². The van der Waals surface area contributed by atoms with Crippen LogP contribution in [0.3, 0.4) is 0 Å². The Morgan fingerprint density at radius 3 is 2.60 bits per heavy atom. The van der Waals surface area contributed by atoms with E-state index in [1.54, 1.807) is 24.8 Å². The maximum atomic E-state index is 12.7. The molecule has 0 aromatic carbocycles. The summed E-state index contributed by atoms with van der Waals surface area (Å²) >= 11 is 0. The van der Waals surface area contributed by atoms with Crippen molar-refractivity contribution in [2.45, 2.75) is 33.6 Å². The number of amides is 2. The Balaban J connectivity index is 1.72. The molecule has 1 atom stereocenters. The van der Waals surface area contributed by atoms with E-state index in [0.29, 0.717) is 49.6 Å². The van der Waals surface area contributed by atoms with Crippen LogP contribution in [0.2, 0.25) is 0 Å². The van der Waals surface area contributed by atoms with E-state index in [9.17, 15) is 14.4 Å². The molecule has 136 valence electrons. The fourth-order valence-corrected chi connectivity index (χ4v) is 3.96. The van der Waals surface area contributed by atoms with Crippen LogP contribution < -0.4 is 5.32 Å². The molecule has 0 saturated carbocycles. The van der Waals surface area contributed by atoms with Crippen LogP contribution in [-0.4, -0.2) is 48.9 Å². The van der Waals surface area contributed by atoms with Gasteiger partial charge >= 0.3 is 5.97 Å². The molecule has 1 N–H and O–H groups in total. The van der Waals surface area contributed by atoms with Crippen molar-refractivity contribution in [3.63, 3.8) is 0 Å². The van der Waals surface area contributed by atoms with Crippen LogP contribution >= 0.6 is 0 Å². The number of esters is 1. The molecule has 2 aliphatic rings. The largest absolute Gasteiger partial charge is 0.466 e. The maximum Gasteiger partial charge on any atom is 0.319 e. The molecular formula is C18H24N2O5. The van der Waals surface area contributed by atoms with Crippen molar-refractivity contribution in [1.29, 1.82) is 0 Å². The Hall–Kier alpha value is -2.31. The Morgan fingerprint density at radius 1 is 1.36 bits per heavy atom. The van der Waals surface area contributed by atoms with Crippen molar-refractivity contribution in [3.05, 3.63) is 23.2 Å². The van der Waals surface area contributed by atoms with E-state index in [1.807, 2.05) is 6.92 Å². The third-order valence-electron chi connectivity index (χ3n) is 5.33. The minimum Gasteiger partial charge on any atom is -0.466 e. The number of nitrogens with one attached hydrogen (secondary N) is 1. The summed E-state index contributed by atoms with van der Waals surface area (Å²) in [7, 11) is 0. The number of carbonyl (C=O) groups is 3. The summed E-state index contributed by atoms with van der Waals surface area (Å²) in [5.41, 5.74) is 0.123. The highest BCUT2D eigenvalue weighted by Crippen LogP contribution is 2.43. The van der Waals surface area contributed by atoms with Crippen LogP contribution in [-0.2, 0) is 14.3 Å². The third-order valence-corrected chi connectivity index (χ3v) is 5.33. The Labute approximate surface area is 146 Å². The molecule has 2 aliphatic heterocycles. The highest BCUT2D eigenvalue weighted by molar-refractivity contribution is 6.00. The van der Waals surface area contributed by atoms with Gasteiger partial charge in [-0.05, 0) is 39.7 Å². The van der Waals surface area contributed by atoms with E-state index >= 15 is 0 Å². The Morgan fingerprint density at radius 2 is 2.04 bits per heavy atom. The molecule has 7 nitrogen and oxygen atoms in total. The van der Waals surface area contributed by atoms with Gasteiger partial charge in [-0.3, -0.25) is 14.4 Å². The lowest BCUT2D eigenvalue weighted by Crippen LogP contribution is -2.48. The summed E-state index contributed by atoms with van der Waals surface area (Å²) in [5, 5.41) is 2.80. The van der Waals surface area contributed by atoms with Crippen LogP contribution in [0.25, 0.3) is 0 Å². The topological polar surface area (TPSA) is 88.9 Å². The number of furan rings is 1. The Kier molecular flexibility index (Phi) is 4.58. The van der Waals surface area contributed by atoms with Crippen molar-refractivity contribution >= 4 is 17.8 Å². The quantitative estimate of drug-likeness (QED) is 0.659. The molecule has 25 heavy (non-hydrogen) atoms. The van der Waals surface area contributed by atoms with Gasteiger partial charge in [0.2, 0.25) is 5.91 Å². The molecular weight excluding hydrogens is 324 g/mol. The molecule has 1 spiro atoms. The average molecular weight is 348 g/mol. The van der Waals surface area contributed by atoms with Crippen LogP contribution in [0.15, 0.2) is 10.5 Å². The minimum atomic E-state index is -0.775. The Bertz CT molecular complexity index is 700. The number of carbonyl (C=O) groups excluding carboxylic acids is 3. The molecule has 3 rings (SSSR count). The van der Waals surface area contributed by atoms with Crippen molar-refractivity contribution in [1.82, 2.24) is 10.2 Å². The summed E-state index contributed by atoms with van der Waals surface area (Å²) in [6.07, 6.45) is 1.19. The lowest BCUT2D eigenvalue weighted by molar-refractivity contribution is -0.155. The first kappa shape index (κ1) is 17.5. The highest BCUT2D eigenvalue weighted by atomic mass is 16.5. The van der Waals surface area contributed by atoms with E-state index in [1.165, 1.54) is 0 Å². The van der Waals surface area contributed by atoms with Gasteiger partial charge in [0.05, 0.1) is 12.2 Å². The lowest BCUT2D eigenvalue weighted by Gasteiger charge is -2.40. The van der Waals surface area contributed by atoms with Crippen molar-refractivity contribution < 1.29 is 23.5 Å². The van der Waals surface area contributed by atoms with Crippen molar-refractivity contribution in [2.24, 2.45) is 11.3 Å². The van der Waals surface area contributed by atoms with E-state index in [0.717, 1.165) is 0 Å². The molecule has 2 amide bonds. The predicted octanol–water partition coefficient (Wildman–Crippen LogP) is 1.43. The lowest BCUT2D eigenvalue weighted by atomic mass is 9.70. The second-order valence-electron chi connectivity index (χ2n) is 6.88. The summed E-state index contributed by atoms with van der Waals surface area (Å²) in [4.78, 5) is 38.9. The molecule has 1 aromatic heterocycles. The van der Waals surface area contributed by atoms with E-state index < -0.39 is 17.3 Å². The molecule has 1 aromatic rings. The second-order valence-corrected chi connectivity index (χ2v) is 6.88. The number of hydrogen-bond acceptors (Lipinski definition) is 5. The van der Waals surface area contributed by atoms with E-state index in [2.05, 4.69) is 5.32 Å². The van der Waals surface area contributed by atoms with Gasteiger partial charge < -0.3 is 19.4 Å². The number of piperidine rings is 1. The summed E-state index contributed by atoms with van der Waals surface area (Å²) in [6, 6.07) is 1.75. The van der Waals surface area contributed by atoms with Gasteiger partial charge in [0.25, 0.3) is 5.91 Å². The fraction of sp³-hybridized carbons (Fsp3) is 0.611. The summed E-state index contributed by atoms with van der Waals surface area (Å²) < 4.78 is 10.5. The number of hydrogen-bond donors (Lipinski definition) is 1. The van der Waals surface area contributed by atoms with E-state index in [4.69, 9.17) is 9.15 Å². The monoisotopic (exact) mass is 348 g/mol. The standard InChI is InChI=1S/C18H24N2O5/c1-4-24-17(23)14-15(21)19-10-18(14)5-7-20(8-6-18)16(22)13-9-11(2)25-12(13)3/h9,14H,4-8,10H2,1-3H3,(H,19,21). The second kappa shape index (κ2) is 6.54. The fourth-order valence-electron chi connectivity index (χ4n) is 3.96. The smallest absolute Gasteiger partial charge is 0.319 e. The van der Waals surface area contributed by atoms with Gasteiger partial charge in [-0.2, -0.15) is 0 Å². The minimum absolute atomic E-state index is 0.0610. The van der Waals surface area contributed by atoms with Crippen molar-refractivity contribution in [3.8, 4) is 0 Å². The first-order valence-electron chi connectivity index (χ1n) is 8.68. The zero-order valence-electron chi connectivity index (χ0n) is 14.9. The zero-order valence-corrected chi connectivity index (χ0v) is 14.9. The zero-order chi connectivity index (χ0) is 18.2. The van der Waals surface area contributed by atoms with Gasteiger partial charge in [0.15, 0.2) is 0 Å². The number of aryl methyl sites for hydroxylation is 2. The average Bonchev–Trinajstić information content (AvgIpc) is 3.07. The van der Waals surface area contributed by atoms with Crippen LogP contribution in [0.1, 0.15) is 41.6 Å². The maximum absolute atomic E-state index is 12.7. The van der Waals surface area contributed by atoms with Crippen LogP contribution in [0.5, 0.6) is 0 Å². The summed E-state index contributed by atoms with van der Waals surface area (Å²) in [5.74, 6) is -0.234. The molecule has 0 bridgehead atoms. The predicted molar refractivity (Wildman–Crippen MR) is 88.9 cm³/mol. The molecule has 7 heteroatoms. The highest BCUT2D eigenvalue weighted by Gasteiger charge is 2.54. The number of likely N-dealkylation sites (tertiary alicyclic amines) is 1.